The van der Waals surface area contributed by atoms with Crippen LogP contribution in [0.3, 0.4) is 0 Å². The fourth-order valence-corrected chi connectivity index (χ4v) is 2.98. The van der Waals surface area contributed by atoms with Gasteiger partial charge in [-0.25, -0.2) is 0 Å². The molecule has 0 aromatic heterocycles. The van der Waals surface area contributed by atoms with Gasteiger partial charge in [-0.3, -0.25) is 9.59 Å². The van der Waals surface area contributed by atoms with Gasteiger partial charge >= 0.3 is 0 Å². The average molecular weight is 369 g/mol. The average Bonchev–Trinajstić information content (AvgIpc) is 2.64. The van der Waals surface area contributed by atoms with Gasteiger partial charge in [0.1, 0.15) is 0 Å². The van der Waals surface area contributed by atoms with Crippen molar-refractivity contribution >= 4 is 17.5 Å². The van der Waals surface area contributed by atoms with Gasteiger partial charge in [-0.2, -0.15) is 0 Å². The maximum atomic E-state index is 12.2. The van der Waals surface area contributed by atoms with Crippen LogP contribution in [0.1, 0.15) is 30.4 Å². The first kappa shape index (κ1) is 20.6. The van der Waals surface area contributed by atoms with Crippen LogP contribution >= 0.6 is 0 Å². The molecule has 5 nitrogen and oxygen atoms in total. The Labute approximate surface area is 161 Å². The van der Waals surface area contributed by atoms with E-state index in [2.05, 4.69) is 29.7 Å². The molecule has 0 aliphatic rings. The zero-order valence-electron chi connectivity index (χ0n) is 16.4. The smallest absolute Gasteiger partial charge is 0.279 e. The van der Waals surface area contributed by atoms with E-state index in [-0.39, 0.29) is 24.9 Å². The SMILES string of the molecule is CC[C@@H](CNC(=O)C[NH+](C)CC(=O)Nc1ccc(C)cc1)c1ccccc1. The predicted octanol–water partition coefficient (Wildman–Crippen LogP) is 1.76. The van der Waals surface area contributed by atoms with E-state index < -0.39 is 0 Å². The lowest BCUT2D eigenvalue weighted by Gasteiger charge is -2.18. The van der Waals surface area contributed by atoms with Crippen LogP contribution in [-0.4, -0.2) is 38.5 Å². The Bertz CT molecular complexity index is 729. The van der Waals surface area contributed by atoms with Crippen molar-refractivity contribution in [2.45, 2.75) is 26.2 Å². The molecule has 2 amide bonds. The van der Waals surface area contributed by atoms with Gasteiger partial charge in [0.25, 0.3) is 11.8 Å². The van der Waals surface area contributed by atoms with Crippen molar-refractivity contribution in [1.82, 2.24) is 5.32 Å². The van der Waals surface area contributed by atoms with Crippen LogP contribution in [0.5, 0.6) is 0 Å². The topological polar surface area (TPSA) is 62.6 Å². The summed E-state index contributed by atoms with van der Waals surface area (Å²) in [6.45, 7) is 5.26. The first-order valence-electron chi connectivity index (χ1n) is 9.47. The van der Waals surface area contributed by atoms with Gasteiger partial charge in [0.2, 0.25) is 0 Å². The molecule has 1 unspecified atom stereocenters. The van der Waals surface area contributed by atoms with Crippen molar-refractivity contribution < 1.29 is 14.5 Å². The quantitative estimate of drug-likeness (QED) is 0.632. The minimum Gasteiger partial charge on any atom is -0.351 e. The number of carbonyl (C=O) groups excluding carboxylic acids is 2. The lowest BCUT2D eigenvalue weighted by atomic mass is 9.96. The Kier molecular flexibility index (Phi) is 8.01. The molecule has 27 heavy (non-hydrogen) atoms. The normalized spacial score (nSPS) is 12.9. The standard InChI is InChI=1S/C22H29N3O2/c1-4-18(19-8-6-5-7-9-19)14-23-21(26)15-25(3)16-22(27)24-20-12-10-17(2)11-13-20/h5-13,18H,4,14-16H2,1-3H3,(H,23,26)(H,24,27)/p+1/t18-/m0/s1. The van der Waals surface area contributed by atoms with E-state index in [9.17, 15) is 9.59 Å². The molecule has 5 heteroatoms. The van der Waals surface area contributed by atoms with Crippen LogP contribution in [0, 0.1) is 6.92 Å². The summed E-state index contributed by atoms with van der Waals surface area (Å²) in [6, 6.07) is 17.9. The monoisotopic (exact) mass is 368 g/mol. The largest absolute Gasteiger partial charge is 0.351 e. The number of aryl methyl sites for hydroxylation is 1. The number of hydrogen-bond acceptors (Lipinski definition) is 2. The third kappa shape index (κ3) is 7.23. The summed E-state index contributed by atoms with van der Waals surface area (Å²) < 4.78 is 0. The molecule has 0 radical (unpaired) electrons. The number of hydrogen-bond donors (Lipinski definition) is 3. The zero-order valence-corrected chi connectivity index (χ0v) is 16.4. The van der Waals surface area contributed by atoms with E-state index in [1.807, 2.05) is 56.4 Å². The van der Waals surface area contributed by atoms with E-state index in [0.29, 0.717) is 12.5 Å². The molecular formula is C22H30N3O2+. The molecule has 0 spiro atoms. The van der Waals surface area contributed by atoms with E-state index >= 15 is 0 Å². The molecular weight excluding hydrogens is 338 g/mol. The van der Waals surface area contributed by atoms with Crippen LogP contribution in [0.25, 0.3) is 0 Å². The molecule has 3 N–H and O–H groups in total. The minimum absolute atomic E-state index is 0.0370. The van der Waals surface area contributed by atoms with E-state index in [1.165, 1.54) is 5.56 Å². The van der Waals surface area contributed by atoms with Crippen LogP contribution < -0.4 is 15.5 Å². The molecule has 0 saturated heterocycles. The molecule has 0 saturated carbocycles. The molecule has 2 atom stereocenters. The summed E-state index contributed by atoms with van der Waals surface area (Å²) >= 11 is 0. The number of quaternary nitrogens is 1. The van der Waals surface area contributed by atoms with Crippen molar-refractivity contribution in [3.05, 3.63) is 65.7 Å². The van der Waals surface area contributed by atoms with Gasteiger partial charge in [0.15, 0.2) is 13.1 Å². The van der Waals surface area contributed by atoms with Crippen LogP contribution in [0.15, 0.2) is 54.6 Å². The molecule has 0 aliphatic carbocycles. The Hall–Kier alpha value is -2.66. The number of carbonyl (C=O) groups is 2. The van der Waals surface area contributed by atoms with Gasteiger partial charge in [0.05, 0.1) is 7.05 Å². The number of anilines is 1. The highest BCUT2D eigenvalue weighted by Crippen LogP contribution is 2.17. The Morgan fingerprint density at radius 2 is 1.59 bits per heavy atom. The van der Waals surface area contributed by atoms with Crippen LogP contribution in [0.4, 0.5) is 5.69 Å². The Balaban J connectivity index is 1.74. The van der Waals surface area contributed by atoms with Crippen LogP contribution in [-0.2, 0) is 9.59 Å². The molecule has 0 fully saturated rings. The van der Waals surface area contributed by atoms with Gasteiger partial charge in [-0.15, -0.1) is 0 Å². The fourth-order valence-electron chi connectivity index (χ4n) is 2.98. The number of likely N-dealkylation sites (N-methyl/N-ethyl adjacent to an activating group) is 1. The maximum Gasteiger partial charge on any atom is 0.279 e. The number of amides is 2. The highest BCUT2D eigenvalue weighted by Gasteiger charge is 2.16. The zero-order chi connectivity index (χ0) is 19.6. The number of nitrogens with one attached hydrogen (secondary N) is 3. The van der Waals surface area contributed by atoms with E-state index in [4.69, 9.17) is 0 Å². The second kappa shape index (κ2) is 10.5. The van der Waals surface area contributed by atoms with Crippen molar-refractivity contribution in [3.8, 4) is 0 Å². The Morgan fingerprint density at radius 1 is 0.963 bits per heavy atom. The summed E-state index contributed by atoms with van der Waals surface area (Å²) in [5.74, 6) is 0.171. The van der Waals surface area contributed by atoms with Crippen LogP contribution in [0.2, 0.25) is 0 Å². The summed E-state index contributed by atoms with van der Waals surface area (Å²) in [4.78, 5) is 25.2. The maximum absolute atomic E-state index is 12.2. The van der Waals surface area contributed by atoms with Crippen molar-refractivity contribution in [3.63, 3.8) is 0 Å². The van der Waals surface area contributed by atoms with Gasteiger partial charge in [-0.05, 0) is 31.0 Å². The van der Waals surface area contributed by atoms with E-state index in [0.717, 1.165) is 22.6 Å². The van der Waals surface area contributed by atoms with Gasteiger partial charge < -0.3 is 15.5 Å². The lowest BCUT2D eigenvalue weighted by Crippen LogP contribution is -3.11. The summed E-state index contributed by atoms with van der Waals surface area (Å²) in [6.07, 6.45) is 0.964. The summed E-state index contributed by atoms with van der Waals surface area (Å²) in [5.41, 5.74) is 3.16. The second-order valence-corrected chi connectivity index (χ2v) is 7.04. The molecule has 0 heterocycles. The van der Waals surface area contributed by atoms with Crippen molar-refractivity contribution in [2.75, 3.05) is 32.0 Å². The molecule has 2 rings (SSSR count). The Morgan fingerprint density at radius 3 is 2.22 bits per heavy atom. The fraction of sp³-hybridized carbons (Fsp3) is 0.364. The highest BCUT2D eigenvalue weighted by molar-refractivity contribution is 5.91. The van der Waals surface area contributed by atoms with Gasteiger partial charge in [-0.1, -0.05) is 55.0 Å². The second-order valence-electron chi connectivity index (χ2n) is 7.04. The molecule has 0 aliphatic heterocycles. The third-order valence-electron chi connectivity index (χ3n) is 4.57. The lowest BCUT2D eigenvalue weighted by molar-refractivity contribution is -0.862. The predicted molar refractivity (Wildman–Crippen MR) is 109 cm³/mol. The first-order chi connectivity index (χ1) is 13.0. The van der Waals surface area contributed by atoms with Crippen molar-refractivity contribution in [1.29, 1.82) is 0 Å². The third-order valence-corrected chi connectivity index (χ3v) is 4.57. The molecule has 0 bridgehead atoms. The highest BCUT2D eigenvalue weighted by atomic mass is 16.2. The van der Waals surface area contributed by atoms with E-state index in [1.54, 1.807) is 0 Å². The number of rotatable bonds is 9. The first-order valence-corrected chi connectivity index (χ1v) is 9.47. The molecule has 144 valence electrons. The summed E-state index contributed by atoms with van der Waals surface area (Å²) in [7, 11) is 1.85. The molecule has 2 aromatic rings. The number of benzene rings is 2. The van der Waals surface area contributed by atoms with Crippen molar-refractivity contribution in [2.24, 2.45) is 0 Å². The summed E-state index contributed by atoms with van der Waals surface area (Å²) in [5, 5.41) is 5.86. The molecule has 2 aromatic carbocycles. The minimum atomic E-state index is -0.0973. The van der Waals surface area contributed by atoms with Gasteiger partial charge in [0, 0.05) is 18.2 Å².